The molecule has 0 aliphatic heterocycles. The molecule has 1 heterocycles. The topological polar surface area (TPSA) is 88.8 Å². The highest BCUT2D eigenvalue weighted by Crippen LogP contribution is 2.30. The molecule has 8 heteroatoms. The van der Waals surface area contributed by atoms with E-state index in [1.54, 1.807) is 28.8 Å². The molecule has 2 N–H and O–H groups in total. The third-order valence-electron chi connectivity index (χ3n) is 6.82. The SMILES string of the molecule is CCOc1ccc2c(=O)c(C(=O)O)c(Cc3cccc(Cl)c3F)n(CC(O)C3CCCCC3)c2c1. The molecule has 1 fully saturated rings. The van der Waals surface area contributed by atoms with E-state index in [0.717, 1.165) is 32.1 Å². The number of aliphatic hydroxyl groups excluding tert-OH is 1. The van der Waals surface area contributed by atoms with Crippen molar-refractivity contribution in [2.75, 3.05) is 6.61 Å². The molecular formula is C27H29ClFNO5. The van der Waals surface area contributed by atoms with E-state index in [2.05, 4.69) is 0 Å². The monoisotopic (exact) mass is 501 g/mol. The summed E-state index contributed by atoms with van der Waals surface area (Å²) in [4.78, 5) is 25.6. The highest BCUT2D eigenvalue weighted by Gasteiger charge is 2.28. The van der Waals surface area contributed by atoms with Crippen LogP contribution in [0.15, 0.2) is 41.2 Å². The van der Waals surface area contributed by atoms with Gasteiger partial charge in [0.1, 0.15) is 17.1 Å². The van der Waals surface area contributed by atoms with Gasteiger partial charge in [-0.3, -0.25) is 4.79 Å². The van der Waals surface area contributed by atoms with Crippen LogP contribution in [0, 0.1) is 11.7 Å². The van der Waals surface area contributed by atoms with Gasteiger partial charge in [-0.2, -0.15) is 0 Å². The number of aromatic carboxylic acids is 1. The van der Waals surface area contributed by atoms with Crippen LogP contribution in [0.3, 0.4) is 0 Å². The fourth-order valence-corrected chi connectivity index (χ4v) is 5.26. The molecule has 1 aliphatic rings. The zero-order valence-corrected chi connectivity index (χ0v) is 20.4. The number of fused-ring (bicyclic) bond motifs is 1. The Bertz CT molecular complexity index is 1300. The zero-order valence-electron chi connectivity index (χ0n) is 19.6. The first-order valence-electron chi connectivity index (χ1n) is 12.0. The second kappa shape index (κ2) is 10.8. The number of hydrogen-bond donors (Lipinski definition) is 2. The first-order valence-corrected chi connectivity index (χ1v) is 12.4. The molecule has 1 atom stereocenters. The highest BCUT2D eigenvalue weighted by atomic mass is 35.5. The Morgan fingerprint density at radius 2 is 1.97 bits per heavy atom. The molecule has 0 spiro atoms. The number of carboxylic acids is 1. The molecule has 0 bridgehead atoms. The van der Waals surface area contributed by atoms with Gasteiger partial charge in [-0.15, -0.1) is 0 Å². The van der Waals surface area contributed by atoms with Gasteiger partial charge in [-0.05, 0) is 49.4 Å². The maximum absolute atomic E-state index is 14.8. The fraction of sp³-hybridized carbons (Fsp3) is 0.407. The van der Waals surface area contributed by atoms with Crippen LogP contribution in [0.4, 0.5) is 4.39 Å². The van der Waals surface area contributed by atoms with E-state index >= 15 is 0 Å². The number of hydrogen-bond acceptors (Lipinski definition) is 4. The van der Waals surface area contributed by atoms with Crippen molar-refractivity contribution >= 4 is 28.5 Å². The summed E-state index contributed by atoms with van der Waals surface area (Å²) in [6.45, 7) is 2.33. The lowest BCUT2D eigenvalue weighted by molar-refractivity contribution is 0.0668. The molecule has 35 heavy (non-hydrogen) atoms. The minimum Gasteiger partial charge on any atom is -0.494 e. The van der Waals surface area contributed by atoms with Crippen LogP contribution in [0.5, 0.6) is 5.75 Å². The summed E-state index contributed by atoms with van der Waals surface area (Å²) in [6, 6.07) is 9.35. The Morgan fingerprint density at radius 1 is 1.23 bits per heavy atom. The van der Waals surface area contributed by atoms with Crippen molar-refractivity contribution in [3.63, 3.8) is 0 Å². The van der Waals surface area contributed by atoms with Crippen LogP contribution in [0.1, 0.15) is 60.6 Å². The molecule has 1 aliphatic carbocycles. The van der Waals surface area contributed by atoms with E-state index in [1.807, 2.05) is 6.92 Å². The summed E-state index contributed by atoms with van der Waals surface area (Å²) >= 11 is 5.97. The van der Waals surface area contributed by atoms with Gasteiger partial charge >= 0.3 is 5.97 Å². The summed E-state index contributed by atoms with van der Waals surface area (Å²) in [5, 5.41) is 21.3. The summed E-state index contributed by atoms with van der Waals surface area (Å²) < 4.78 is 22.1. The van der Waals surface area contributed by atoms with Gasteiger partial charge in [0, 0.05) is 30.1 Å². The highest BCUT2D eigenvalue weighted by molar-refractivity contribution is 6.30. The van der Waals surface area contributed by atoms with Crippen LogP contribution < -0.4 is 10.2 Å². The zero-order chi connectivity index (χ0) is 25.1. The number of aliphatic hydroxyl groups is 1. The molecule has 4 rings (SSSR count). The number of halogens is 2. The van der Waals surface area contributed by atoms with Crippen LogP contribution in [-0.2, 0) is 13.0 Å². The van der Waals surface area contributed by atoms with Crippen molar-refractivity contribution in [1.29, 1.82) is 0 Å². The molecular weight excluding hydrogens is 473 g/mol. The Balaban J connectivity index is 1.96. The van der Waals surface area contributed by atoms with Crippen molar-refractivity contribution in [2.45, 2.75) is 58.1 Å². The number of carboxylic acid groups (broad SMARTS) is 1. The molecule has 2 aromatic carbocycles. The maximum Gasteiger partial charge on any atom is 0.341 e. The molecule has 1 unspecified atom stereocenters. The summed E-state index contributed by atoms with van der Waals surface area (Å²) in [5.41, 5.74) is -0.355. The van der Waals surface area contributed by atoms with Crippen LogP contribution in [-0.4, -0.2) is 33.5 Å². The standard InChI is InChI=1S/C27H29ClFNO5/c1-2-35-18-11-12-19-21(14-18)30(15-23(31)16-7-4-3-5-8-16)22(24(26(19)32)27(33)34)13-17-9-6-10-20(28)25(17)29/h6,9-12,14,16,23,31H,2-5,7-8,13,15H2,1H3,(H,33,34). The smallest absolute Gasteiger partial charge is 0.341 e. The Hall–Kier alpha value is -2.90. The van der Waals surface area contributed by atoms with Crippen molar-refractivity contribution < 1.29 is 24.1 Å². The van der Waals surface area contributed by atoms with E-state index in [-0.39, 0.29) is 40.5 Å². The number of rotatable bonds is 8. The molecule has 3 aromatic rings. The minimum atomic E-state index is -1.40. The average molecular weight is 502 g/mol. The Kier molecular flexibility index (Phi) is 7.77. The van der Waals surface area contributed by atoms with Gasteiger partial charge in [-0.25, -0.2) is 9.18 Å². The predicted octanol–water partition coefficient (Wildman–Crippen LogP) is 5.42. The van der Waals surface area contributed by atoms with Gasteiger partial charge in [0.25, 0.3) is 0 Å². The molecule has 0 saturated heterocycles. The third-order valence-corrected chi connectivity index (χ3v) is 7.12. The molecule has 186 valence electrons. The third kappa shape index (κ3) is 5.21. The van der Waals surface area contributed by atoms with Gasteiger partial charge in [-0.1, -0.05) is 43.0 Å². The van der Waals surface area contributed by atoms with E-state index in [1.165, 1.54) is 12.1 Å². The van der Waals surface area contributed by atoms with Crippen LogP contribution in [0.2, 0.25) is 5.02 Å². The maximum atomic E-state index is 14.8. The summed E-state index contributed by atoms with van der Waals surface area (Å²) in [6.07, 6.45) is 4.03. The van der Waals surface area contributed by atoms with Crippen molar-refractivity contribution in [1.82, 2.24) is 4.57 Å². The van der Waals surface area contributed by atoms with Gasteiger partial charge in [0.15, 0.2) is 0 Å². The Morgan fingerprint density at radius 3 is 2.66 bits per heavy atom. The van der Waals surface area contributed by atoms with Gasteiger partial charge in [0.05, 0.1) is 23.3 Å². The van der Waals surface area contributed by atoms with Crippen LogP contribution in [0.25, 0.3) is 10.9 Å². The fourth-order valence-electron chi connectivity index (χ4n) is 5.06. The van der Waals surface area contributed by atoms with Gasteiger partial charge < -0.3 is 19.5 Å². The first-order chi connectivity index (χ1) is 16.8. The summed E-state index contributed by atoms with van der Waals surface area (Å²) in [7, 11) is 0. The number of benzene rings is 2. The number of ether oxygens (including phenoxy) is 1. The molecule has 0 radical (unpaired) electrons. The summed E-state index contributed by atoms with van der Waals surface area (Å²) in [5.74, 6) is -1.48. The Labute approximate surface area is 207 Å². The lowest BCUT2D eigenvalue weighted by Gasteiger charge is -2.29. The lowest BCUT2D eigenvalue weighted by atomic mass is 9.85. The van der Waals surface area contributed by atoms with E-state index in [4.69, 9.17) is 16.3 Å². The number of carbonyl (C=O) groups is 1. The van der Waals surface area contributed by atoms with E-state index in [0.29, 0.717) is 17.9 Å². The number of pyridine rings is 1. The second-order valence-electron chi connectivity index (χ2n) is 9.03. The lowest BCUT2D eigenvalue weighted by Crippen LogP contribution is -2.32. The number of nitrogens with zero attached hydrogens (tertiary/aromatic N) is 1. The van der Waals surface area contributed by atoms with Crippen LogP contribution >= 0.6 is 11.6 Å². The van der Waals surface area contributed by atoms with E-state index in [9.17, 15) is 24.2 Å². The molecule has 6 nitrogen and oxygen atoms in total. The molecule has 1 saturated carbocycles. The minimum absolute atomic E-state index is 0.0670. The number of aromatic nitrogens is 1. The van der Waals surface area contributed by atoms with Crippen molar-refractivity contribution in [3.05, 3.63) is 74.3 Å². The van der Waals surface area contributed by atoms with Crippen molar-refractivity contribution in [2.24, 2.45) is 5.92 Å². The second-order valence-corrected chi connectivity index (χ2v) is 9.44. The normalized spacial score (nSPS) is 15.3. The molecule has 1 aromatic heterocycles. The van der Waals surface area contributed by atoms with Gasteiger partial charge in [0.2, 0.25) is 5.43 Å². The van der Waals surface area contributed by atoms with Crippen molar-refractivity contribution in [3.8, 4) is 5.75 Å². The van der Waals surface area contributed by atoms with E-state index < -0.39 is 28.9 Å². The largest absolute Gasteiger partial charge is 0.494 e. The average Bonchev–Trinajstić information content (AvgIpc) is 2.84. The first kappa shape index (κ1) is 25.2. The predicted molar refractivity (Wildman–Crippen MR) is 133 cm³/mol. The quantitative estimate of drug-likeness (QED) is 0.430. The molecule has 0 amide bonds.